The average molecular weight is 457 g/mol. The topological polar surface area (TPSA) is 12.0 Å². The van der Waals surface area contributed by atoms with Gasteiger partial charge in [0.1, 0.15) is 0 Å². The Morgan fingerprint density at radius 1 is 1.00 bits per heavy atom. The van der Waals surface area contributed by atoms with Crippen molar-refractivity contribution in [3.63, 3.8) is 0 Å². The van der Waals surface area contributed by atoms with E-state index in [1.165, 1.54) is 23.9 Å². The Hall–Kier alpha value is -0.590. The normalized spacial score (nSPS) is 14.3. The molecule has 0 unspecified atom stereocenters. The van der Waals surface area contributed by atoms with Crippen LogP contribution in [0.1, 0.15) is 27.8 Å². The summed E-state index contributed by atoms with van der Waals surface area (Å²) >= 11 is 14.2. The minimum absolute atomic E-state index is 0. The van der Waals surface area contributed by atoms with Crippen molar-refractivity contribution in [3.05, 3.63) is 62.1 Å². The molecule has 2 aromatic carbocycles. The van der Waals surface area contributed by atoms with Crippen molar-refractivity contribution in [2.24, 2.45) is 0 Å². The minimum atomic E-state index is -4.34. The van der Waals surface area contributed by atoms with Gasteiger partial charge >= 0.3 is 6.18 Å². The van der Waals surface area contributed by atoms with Gasteiger partial charge in [-0.15, -0.1) is 24.2 Å². The Morgan fingerprint density at radius 3 is 2.33 bits per heavy atom. The van der Waals surface area contributed by atoms with Gasteiger partial charge in [-0.3, -0.25) is 0 Å². The Bertz CT molecular complexity index is 825. The van der Waals surface area contributed by atoms with E-state index in [0.717, 1.165) is 42.0 Å². The smallest absolute Gasteiger partial charge is 0.316 e. The number of nitrogens with one attached hydrogen (secondary N) is 1. The fourth-order valence-electron chi connectivity index (χ4n) is 3.20. The second kappa shape index (κ2) is 9.27. The zero-order valence-corrected chi connectivity index (χ0v) is 17.7. The van der Waals surface area contributed by atoms with Crippen LogP contribution in [0.15, 0.2) is 29.2 Å². The van der Waals surface area contributed by atoms with Crippen molar-refractivity contribution in [3.8, 4) is 0 Å². The first-order valence-corrected chi connectivity index (χ1v) is 10.0. The van der Waals surface area contributed by atoms with Crippen LogP contribution in [-0.4, -0.2) is 13.1 Å². The fraction of sp³-hybridized carbons (Fsp3) is 0.368. The maximum Gasteiger partial charge on any atom is 0.416 e. The molecule has 0 amide bonds. The quantitative estimate of drug-likeness (QED) is 0.514. The molecule has 1 heterocycles. The van der Waals surface area contributed by atoms with E-state index in [1.807, 2.05) is 0 Å². The van der Waals surface area contributed by atoms with E-state index in [-0.39, 0.29) is 12.4 Å². The van der Waals surface area contributed by atoms with E-state index in [4.69, 9.17) is 23.2 Å². The molecule has 0 fully saturated rings. The molecule has 27 heavy (non-hydrogen) atoms. The molecule has 0 spiro atoms. The zero-order valence-electron chi connectivity index (χ0n) is 14.6. The van der Waals surface area contributed by atoms with Crippen molar-refractivity contribution in [2.75, 3.05) is 13.1 Å². The van der Waals surface area contributed by atoms with Crippen molar-refractivity contribution in [2.45, 2.75) is 36.6 Å². The van der Waals surface area contributed by atoms with E-state index >= 15 is 0 Å². The molecule has 0 aliphatic carbocycles. The highest BCUT2D eigenvalue weighted by Crippen LogP contribution is 2.40. The summed E-state index contributed by atoms with van der Waals surface area (Å²) in [7, 11) is 0. The van der Waals surface area contributed by atoms with Gasteiger partial charge < -0.3 is 5.32 Å². The SMILES string of the molecule is Cc1cc(CSc2c(Cl)cc(Cl)c3c2CCNCC3)cc(C(F)(F)F)c1.Cl. The van der Waals surface area contributed by atoms with Gasteiger partial charge in [0, 0.05) is 15.7 Å². The Balaban J connectivity index is 0.00000261. The van der Waals surface area contributed by atoms with Crippen LogP contribution in [0.5, 0.6) is 0 Å². The molecule has 0 saturated heterocycles. The number of thioether (sulfide) groups is 1. The molecule has 1 N–H and O–H groups in total. The van der Waals surface area contributed by atoms with Gasteiger partial charge in [0.25, 0.3) is 0 Å². The highest BCUT2D eigenvalue weighted by atomic mass is 35.5. The average Bonchev–Trinajstić information content (AvgIpc) is 2.79. The second-order valence-electron chi connectivity index (χ2n) is 6.37. The number of benzene rings is 2. The predicted octanol–water partition coefficient (Wildman–Crippen LogP) is 6.72. The lowest BCUT2D eigenvalue weighted by Crippen LogP contribution is -2.16. The number of fused-ring (bicyclic) bond motifs is 1. The fourth-order valence-corrected chi connectivity index (χ4v) is 5.03. The van der Waals surface area contributed by atoms with Crippen molar-refractivity contribution < 1.29 is 13.2 Å². The van der Waals surface area contributed by atoms with Gasteiger partial charge in [0.2, 0.25) is 0 Å². The molecule has 0 bridgehead atoms. The maximum absolute atomic E-state index is 13.0. The summed E-state index contributed by atoms with van der Waals surface area (Å²) in [6, 6.07) is 5.91. The van der Waals surface area contributed by atoms with Gasteiger partial charge in [-0.2, -0.15) is 13.2 Å². The zero-order chi connectivity index (χ0) is 18.9. The third kappa shape index (κ3) is 5.48. The Labute approximate surface area is 177 Å². The summed E-state index contributed by atoms with van der Waals surface area (Å²) in [5.74, 6) is 0.423. The summed E-state index contributed by atoms with van der Waals surface area (Å²) in [5, 5.41) is 4.56. The predicted molar refractivity (Wildman–Crippen MR) is 110 cm³/mol. The number of alkyl halides is 3. The van der Waals surface area contributed by atoms with Gasteiger partial charge in [-0.05, 0) is 67.7 Å². The third-order valence-electron chi connectivity index (χ3n) is 4.35. The number of halogens is 6. The first-order chi connectivity index (χ1) is 12.3. The van der Waals surface area contributed by atoms with Crippen molar-refractivity contribution >= 4 is 47.4 Å². The van der Waals surface area contributed by atoms with E-state index < -0.39 is 11.7 Å². The highest BCUT2D eigenvalue weighted by molar-refractivity contribution is 7.98. The largest absolute Gasteiger partial charge is 0.416 e. The Kier molecular flexibility index (Phi) is 7.79. The van der Waals surface area contributed by atoms with Crippen LogP contribution in [0.2, 0.25) is 10.0 Å². The lowest BCUT2D eigenvalue weighted by molar-refractivity contribution is -0.137. The third-order valence-corrected chi connectivity index (χ3v) is 6.33. The van der Waals surface area contributed by atoms with Crippen LogP contribution < -0.4 is 5.32 Å². The highest BCUT2D eigenvalue weighted by Gasteiger charge is 2.31. The molecule has 0 radical (unpaired) electrons. The molecule has 1 aliphatic rings. The molecule has 3 rings (SSSR count). The molecule has 0 saturated carbocycles. The monoisotopic (exact) mass is 455 g/mol. The molecule has 8 heteroatoms. The molecule has 2 aromatic rings. The van der Waals surface area contributed by atoms with E-state index in [1.54, 1.807) is 19.1 Å². The summed E-state index contributed by atoms with van der Waals surface area (Å²) in [4.78, 5) is 0.921. The lowest BCUT2D eigenvalue weighted by Gasteiger charge is -2.16. The number of rotatable bonds is 3. The summed E-state index contributed by atoms with van der Waals surface area (Å²) in [5.41, 5.74) is 2.82. The van der Waals surface area contributed by atoms with Gasteiger partial charge in [-0.1, -0.05) is 34.8 Å². The summed E-state index contributed by atoms with van der Waals surface area (Å²) in [6.07, 6.45) is -2.72. The van der Waals surface area contributed by atoms with Crippen LogP contribution in [-0.2, 0) is 24.8 Å². The van der Waals surface area contributed by atoms with Crippen LogP contribution >= 0.6 is 47.4 Å². The molecule has 0 atom stereocenters. The number of hydrogen-bond donors (Lipinski definition) is 1. The van der Waals surface area contributed by atoms with Crippen molar-refractivity contribution in [1.82, 2.24) is 5.32 Å². The molecule has 1 nitrogen and oxygen atoms in total. The summed E-state index contributed by atoms with van der Waals surface area (Å²) < 4.78 is 39.1. The molecular weight excluding hydrogens is 438 g/mol. The van der Waals surface area contributed by atoms with E-state index in [0.29, 0.717) is 26.9 Å². The van der Waals surface area contributed by atoms with Crippen LogP contribution in [0.25, 0.3) is 0 Å². The molecular formula is C19H19Cl3F3NS. The van der Waals surface area contributed by atoms with Crippen molar-refractivity contribution in [1.29, 1.82) is 0 Å². The molecule has 1 aliphatic heterocycles. The van der Waals surface area contributed by atoms with Gasteiger partial charge in [0.05, 0.1) is 10.6 Å². The Morgan fingerprint density at radius 2 is 1.67 bits per heavy atom. The van der Waals surface area contributed by atoms with Gasteiger partial charge in [-0.25, -0.2) is 0 Å². The minimum Gasteiger partial charge on any atom is -0.316 e. The first-order valence-electron chi connectivity index (χ1n) is 8.26. The second-order valence-corrected chi connectivity index (χ2v) is 8.17. The lowest BCUT2D eigenvalue weighted by atomic mass is 10.0. The van der Waals surface area contributed by atoms with Crippen LogP contribution in [0.3, 0.4) is 0 Å². The standard InChI is InChI=1S/C19H18Cl2F3NS.ClH/c1-11-6-12(8-13(7-11)19(22,23)24)10-26-18-15-3-5-25-4-2-14(15)16(20)9-17(18)21;/h6-9,25H,2-5,10H2,1H3;1H. The first kappa shape index (κ1) is 22.7. The molecule has 0 aromatic heterocycles. The van der Waals surface area contributed by atoms with Crippen LogP contribution in [0.4, 0.5) is 13.2 Å². The maximum atomic E-state index is 13.0. The summed E-state index contributed by atoms with van der Waals surface area (Å²) in [6.45, 7) is 3.36. The van der Waals surface area contributed by atoms with E-state index in [2.05, 4.69) is 5.32 Å². The number of aryl methyl sites for hydroxylation is 1. The van der Waals surface area contributed by atoms with Gasteiger partial charge in [0.15, 0.2) is 0 Å². The number of hydrogen-bond acceptors (Lipinski definition) is 2. The van der Waals surface area contributed by atoms with E-state index in [9.17, 15) is 13.2 Å². The molecule has 148 valence electrons. The van der Waals surface area contributed by atoms with Crippen LogP contribution in [0, 0.1) is 6.92 Å².